The van der Waals surface area contributed by atoms with E-state index in [0.29, 0.717) is 18.7 Å². The summed E-state index contributed by atoms with van der Waals surface area (Å²) < 4.78 is 0. The van der Waals surface area contributed by atoms with E-state index in [0.717, 1.165) is 12.0 Å². The summed E-state index contributed by atoms with van der Waals surface area (Å²) in [5, 5.41) is 5.09. The second-order valence-electron chi connectivity index (χ2n) is 3.28. The van der Waals surface area contributed by atoms with Gasteiger partial charge in [0.1, 0.15) is 0 Å². The summed E-state index contributed by atoms with van der Waals surface area (Å²) in [6, 6.07) is 7.53. The number of isothiocyanates is 1. The number of aliphatic imine (C=N–C) groups is 1. The molecular weight excluding hydrogens is 220 g/mol. The fourth-order valence-corrected chi connectivity index (χ4v) is 1.45. The Morgan fingerprint density at radius 3 is 3.06 bits per heavy atom. The van der Waals surface area contributed by atoms with Crippen molar-refractivity contribution < 1.29 is 4.79 Å². The molecular formula is C12H14N2OS. The third kappa shape index (κ3) is 3.93. The van der Waals surface area contributed by atoms with Crippen LogP contribution < -0.4 is 5.32 Å². The van der Waals surface area contributed by atoms with Gasteiger partial charge in [-0.3, -0.25) is 4.79 Å². The van der Waals surface area contributed by atoms with Gasteiger partial charge >= 0.3 is 0 Å². The molecule has 0 saturated carbocycles. The van der Waals surface area contributed by atoms with Crippen molar-refractivity contribution in [3.05, 3.63) is 35.4 Å². The van der Waals surface area contributed by atoms with Gasteiger partial charge in [0, 0.05) is 12.1 Å². The third-order valence-electron chi connectivity index (χ3n) is 2.10. The highest BCUT2D eigenvalue weighted by Gasteiger charge is 2.03. The molecule has 16 heavy (non-hydrogen) atoms. The lowest BCUT2D eigenvalue weighted by Gasteiger charge is -2.04. The highest BCUT2D eigenvalue weighted by atomic mass is 32.1. The van der Waals surface area contributed by atoms with Gasteiger partial charge in [-0.2, -0.15) is 0 Å². The smallest absolute Gasteiger partial charge is 0.251 e. The van der Waals surface area contributed by atoms with Gasteiger partial charge < -0.3 is 5.32 Å². The van der Waals surface area contributed by atoms with Gasteiger partial charge in [0.2, 0.25) is 0 Å². The average Bonchev–Trinajstić information content (AvgIpc) is 2.30. The van der Waals surface area contributed by atoms with Crippen LogP contribution in [0.2, 0.25) is 0 Å². The van der Waals surface area contributed by atoms with Crippen LogP contribution in [0.3, 0.4) is 0 Å². The van der Waals surface area contributed by atoms with Crippen molar-refractivity contribution in [2.75, 3.05) is 13.1 Å². The molecule has 84 valence electrons. The fourth-order valence-electron chi connectivity index (χ4n) is 1.36. The lowest BCUT2D eigenvalue weighted by atomic mass is 10.1. The van der Waals surface area contributed by atoms with Gasteiger partial charge in [-0.1, -0.05) is 12.1 Å². The summed E-state index contributed by atoms with van der Waals surface area (Å²) >= 11 is 4.49. The summed E-state index contributed by atoms with van der Waals surface area (Å²) in [7, 11) is 0. The topological polar surface area (TPSA) is 41.5 Å². The molecule has 1 N–H and O–H groups in total. The van der Waals surface area contributed by atoms with E-state index in [1.807, 2.05) is 25.1 Å². The van der Waals surface area contributed by atoms with Gasteiger partial charge in [-0.25, -0.2) is 4.99 Å². The van der Waals surface area contributed by atoms with E-state index >= 15 is 0 Å². The van der Waals surface area contributed by atoms with Crippen molar-refractivity contribution in [1.29, 1.82) is 0 Å². The lowest BCUT2D eigenvalue weighted by Crippen LogP contribution is -2.22. The van der Waals surface area contributed by atoms with Crippen LogP contribution in [-0.2, 0) is 6.42 Å². The van der Waals surface area contributed by atoms with Gasteiger partial charge in [0.15, 0.2) is 0 Å². The summed E-state index contributed by atoms with van der Waals surface area (Å²) in [5.74, 6) is -0.0392. The minimum absolute atomic E-state index is 0.0392. The number of benzene rings is 1. The number of thiocarbonyl (C=S) groups is 1. The normalized spacial score (nSPS) is 9.31. The van der Waals surface area contributed by atoms with Crippen LogP contribution >= 0.6 is 12.2 Å². The zero-order chi connectivity index (χ0) is 11.8. The molecule has 0 unspecified atom stereocenters. The number of hydrogen-bond donors (Lipinski definition) is 1. The van der Waals surface area contributed by atoms with Crippen LogP contribution in [0.4, 0.5) is 0 Å². The van der Waals surface area contributed by atoms with Crippen LogP contribution in [0.1, 0.15) is 22.8 Å². The Hall–Kier alpha value is -1.51. The summed E-state index contributed by atoms with van der Waals surface area (Å²) in [4.78, 5) is 15.4. The van der Waals surface area contributed by atoms with Crippen LogP contribution in [0, 0.1) is 0 Å². The second kappa shape index (κ2) is 6.88. The molecule has 0 aromatic heterocycles. The molecule has 0 saturated heterocycles. The molecule has 1 rings (SSSR count). The van der Waals surface area contributed by atoms with Gasteiger partial charge in [0.05, 0.1) is 11.7 Å². The number of hydrogen-bond acceptors (Lipinski definition) is 3. The van der Waals surface area contributed by atoms with Crippen molar-refractivity contribution in [2.24, 2.45) is 4.99 Å². The predicted octanol–water partition coefficient (Wildman–Crippen LogP) is 2.08. The van der Waals surface area contributed by atoms with E-state index in [1.165, 1.54) is 0 Å². The first-order valence-corrected chi connectivity index (χ1v) is 5.59. The van der Waals surface area contributed by atoms with Crippen LogP contribution in [0.5, 0.6) is 0 Å². The second-order valence-corrected chi connectivity index (χ2v) is 3.47. The SMILES string of the molecule is CCNC(=O)c1cccc(CCN=C=S)c1. The minimum atomic E-state index is -0.0392. The van der Waals surface area contributed by atoms with Gasteiger partial charge in [-0.15, -0.1) is 0 Å². The highest BCUT2D eigenvalue weighted by Crippen LogP contribution is 2.06. The van der Waals surface area contributed by atoms with Crippen LogP contribution in [0.25, 0.3) is 0 Å². The van der Waals surface area contributed by atoms with E-state index in [9.17, 15) is 4.79 Å². The van der Waals surface area contributed by atoms with Crippen molar-refractivity contribution in [2.45, 2.75) is 13.3 Å². The number of carbonyl (C=O) groups excluding carboxylic acids is 1. The standard InChI is InChI=1S/C12H14N2OS/c1-2-14-12(15)11-5-3-4-10(8-11)6-7-13-9-16/h3-5,8H,2,6-7H2,1H3,(H,14,15). The first kappa shape index (κ1) is 12.6. The molecule has 0 radical (unpaired) electrons. The lowest BCUT2D eigenvalue weighted by molar-refractivity contribution is 0.0955. The van der Waals surface area contributed by atoms with E-state index in [2.05, 4.69) is 27.7 Å². The zero-order valence-electron chi connectivity index (χ0n) is 9.19. The first-order chi connectivity index (χ1) is 7.77. The van der Waals surface area contributed by atoms with Gasteiger partial charge in [-0.05, 0) is 43.3 Å². The molecule has 0 spiro atoms. The molecule has 1 aromatic carbocycles. The Balaban J connectivity index is 2.70. The number of carbonyl (C=O) groups is 1. The van der Waals surface area contributed by atoms with E-state index < -0.39 is 0 Å². The summed E-state index contributed by atoms with van der Waals surface area (Å²) in [5.41, 5.74) is 1.77. The number of rotatable bonds is 5. The largest absolute Gasteiger partial charge is 0.352 e. The van der Waals surface area contributed by atoms with Crippen molar-refractivity contribution in [3.8, 4) is 0 Å². The third-order valence-corrected chi connectivity index (χ3v) is 2.23. The Labute approximate surface area is 101 Å². The number of nitrogens with one attached hydrogen (secondary N) is 1. The molecule has 0 atom stereocenters. The molecule has 1 amide bonds. The Morgan fingerprint density at radius 1 is 1.56 bits per heavy atom. The first-order valence-electron chi connectivity index (χ1n) is 5.18. The maximum absolute atomic E-state index is 11.6. The number of amides is 1. The van der Waals surface area contributed by atoms with Gasteiger partial charge in [0.25, 0.3) is 5.91 Å². The highest BCUT2D eigenvalue weighted by molar-refractivity contribution is 7.78. The monoisotopic (exact) mass is 234 g/mol. The quantitative estimate of drug-likeness (QED) is 0.626. The van der Waals surface area contributed by atoms with Crippen molar-refractivity contribution in [1.82, 2.24) is 5.32 Å². The molecule has 0 aliphatic carbocycles. The van der Waals surface area contributed by atoms with E-state index in [1.54, 1.807) is 6.07 Å². The van der Waals surface area contributed by atoms with Crippen molar-refractivity contribution in [3.63, 3.8) is 0 Å². The molecule has 0 bridgehead atoms. The van der Waals surface area contributed by atoms with E-state index in [4.69, 9.17) is 0 Å². The molecule has 0 heterocycles. The molecule has 1 aromatic rings. The molecule has 0 fully saturated rings. The van der Waals surface area contributed by atoms with Crippen LogP contribution in [0.15, 0.2) is 29.3 Å². The Bertz CT molecular complexity index is 411. The fraction of sp³-hybridized carbons (Fsp3) is 0.333. The maximum Gasteiger partial charge on any atom is 0.251 e. The Kier molecular flexibility index (Phi) is 5.40. The summed E-state index contributed by atoms with van der Waals surface area (Å²) in [6.45, 7) is 3.15. The minimum Gasteiger partial charge on any atom is -0.352 e. The van der Waals surface area contributed by atoms with Crippen LogP contribution in [-0.4, -0.2) is 24.2 Å². The molecule has 0 aliphatic heterocycles. The predicted molar refractivity (Wildman–Crippen MR) is 68.0 cm³/mol. The number of nitrogens with zero attached hydrogens (tertiary/aromatic N) is 1. The molecule has 3 nitrogen and oxygen atoms in total. The zero-order valence-corrected chi connectivity index (χ0v) is 10.0. The van der Waals surface area contributed by atoms with Crippen molar-refractivity contribution >= 4 is 23.3 Å². The Morgan fingerprint density at radius 2 is 2.38 bits per heavy atom. The summed E-state index contributed by atoms with van der Waals surface area (Å²) in [6.07, 6.45) is 0.775. The average molecular weight is 234 g/mol. The molecule has 4 heteroatoms. The maximum atomic E-state index is 11.6. The molecule has 0 aliphatic rings. The van der Waals surface area contributed by atoms with E-state index in [-0.39, 0.29) is 5.91 Å².